The van der Waals surface area contributed by atoms with Gasteiger partial charge in [-0.2, -0.15) is 0 Å². The molecule has 1 aliphatic rings. The van der Waals surface area contributed by atoms with E-state index < -0.39 is 0 Å². The second kappa shape index (κ2) is 7.98. The first-order valence-corrected chi connectivity index (χ1v) is 10.7. The summed E-state index contributed by atoms with van der Waals surface area (Å²) < 4.78 is 13.8. The van der Waals surface area contributed by atoms with Crippen molar-refractivity contribution in [1.29, 1.82) is 0 Å². The molecule has 30 heavy (non-hydrogen) atoms. The number of hydrogen-bond donors (Lipinski definition) is 1. The Labute approximate surface area is 175 Å². The number of nitrogens with one attached hydrogen (secondary N) is 1. The number of fused-ring (bicyclic) bond motifs is 1. The van der Waals surface area contributed by atoms with E-state index in [0.717, 1.165) is 53.8 Å². The first-order chi connectivity index (χ1) is 14.7. The van der Waals surface area contributed by atoms with Crippen LogP contribution in [-0.4, -0.2) is 20.2 Å². The van der Waals surface area contributed by atoms with Gasteiger partial charge in [-0.15, -0.1) is 10.2 Å². The lowest BCUT2D eigenvalue weighted by Gasteiger charge is -2.32. The van der Waals surface area contributed by atoms with Gasteiger partial charge in [0.2, 0.25) is 0 Å². The van der Waals surface area contributed by atoms with Gasteiger partial charge in [0.1, 0.15) is 11.6 Å². The molecule has 5 rings (SSSR count). The molecule has 1 saturated carbocycles. The maximum absolute atomic E-state index is 13.8. The molecule has 2 aromatic carbocycles. The van der Waals surface area contributed by atoms with E-state index in [0.29, 0.717) is 17.8 Å². The van der Waals surface area contributed by atoms with Crippen molar-refractivity contribution < 1.29 is 4.39 Å². The first kappa shape index (κ1) is 18.9. The monoisotopic (exact) mass is 400 g/mol. The fourth-order valence-electron chi connectivity index (χ4n) is 4.86. The predicted octanol–water partition coefficient (Wildman–Crippen LogP) is 6.24. The second-order valence-electron chi connectivity index (χ2n) is 8.39. The van der Waals surface area contributed by atoms with E-state index in [-0.39, 0.29) is 5.82 Å². The molecule has 0 radical (unpaired) electrons. The molecule has 0 saturated heterocycles. The minimum Gasteiger partial charge on any atom is -0.325 e. The van der Waals surface area contributed by atoms with Gasteiger partial charge in [-0.05, 0) is 67.3 Å². The maximum Gasteiger partial charge on any atom is 0.161 e. The molecule has 0 aliphatic heterocycles. The number of hydrogen-bond acceptors (Lipinski definition) is 3. The van der Waals surface area contributed by atoms with Gasteiger partial charge in [-0.1, -0.05) is 37.3 Å². The lowest BCUT2D eigenvalue weighted by Crippen LogP contribution is -2.19. The fraction of sp³-hybridized carbons (Fsp3) is 0.320. The number of pyridine rings is 1. The molecule has 2 aromatic heterocycles. The summed E-state index contributed by atoms with van der Waals surface area (Å²) in [5, 5.41) is 9.75. The zero-order valence-electron chi connectivity index (χ0n) is 17.1. The Morgan fingerprint density at radius 2 is 1.77 bits per heavy atom. The number of benzene rings is 2. The zero-order chi connectivity index (χ0) is 20.5. The van der Waals surface area contributed by atoms with Gasteiger partial charge in [-0.3, -0.25) is 4.98 Å². The Balaban J connectivity index is 1.30. The van der Waals surface area contributed by atoms with Crippen molar-refractivity contribution >= 4 is 10.9 Å². The molecule has 1 fully saturated rings. The third kappa shape index (κ3) is 3.60. The third-order valence-corrected chi connectivity index (χ3v) is 6.64. The minimum absolute atomic E-state index is 0.196. The molecule has 152 valence electrons. The summed E-state index contributed by atoms with van der Waals surface area (Å²) in [5.41, 5.74) is 3.17. The van der Waals surface area contributed by atoms with Crippen LogP contribution in [0.3, 0.4) is 0 Å². The Kier molecular flexibility index (Phi) is 5.03. The van der Waals surface area contributed by atoms with E-state index in [2.05, 4.69) is 33.2 Å². The van der Waals surface area contributed by atoms with Crippen LogP contribution in [0.5, 0.6) is 0 Å². The van der Waals surface area contributed by atoms with Crippen LogP contribution in [-0.2, 0) is 0 Å². The molecule has 1 N–H and O–H groups in total. The third-order valence-electron chi connectivity index (χ3n) is 6.64. The SMILES string of the molecule is CC(c1nnc(-c2ccccc2)[nH]1)[C@H]1CC[C@@H](c2ccnc3ccc(F)cc32)CC1. The number of nitrogens with zero attached hydrogens (tertiary/aromatic N) is 3. The minimum atomic E-state index is -0.196. The van der Waals surface area contributed by atoms with E-state index in [9.17, 15) is 4.39 Å². The van der Waals surface area contributed by atoms with E-state index >= 15 is 0 Å². The van der Waals surface area contributed by atoms with Crippen LogP contribution >= 0.6 is 0 Å². The summed E-state index contributed by atoms with van der Waals surface area (Å²) >= 11 is 0. The average Bonchev–Trinajstić information content (AvgIpc) is 3.29. The van der Waals surface area contributed by atoms with Gasteiger partial charge in [0.25, 0.3) is 0 Å². The molecule has 1 unspecified atom stereocenters. The molecule has 0 amide bonds. The average molecular weight is 401 g/mol. The molecule has 4 nitrogen and oxygen atoms in total. The van der Waals surface area contributed by atoms with Crippen molar-refractivity contribution in [3.05, 3.63) is 78.0 Å². The summed E-state index contributed by atoms with van der Waals surface area (Å²) in [6.45, 7) is 2.25. The van der Waals surface area contributed by atoms with E-state index in [4.69, 9.17) is 0 Å². The number of halogens is 1. The molecule has 1 atom stereocenters. The van der Waals surface area contributed by atoms with Gasteiger partial charge in [0.05, 0.1) is 5.52 Å². The number of aromatic amines is 1. The summed E-state index contributed by atoms with van der Waals surface area (Å²) in [4.78, 5) is 7.83. The van der Waals surface area contributed by atoms with Crippen LogP contribution in [0.25, 0.3) is 22.3 Å². The molecule has 1 aliphatic carbocycles. The molecular formula is C25H25FN4. The predicted molar refractivity (Wildman–Crippen MR) is 117 cm³/mol. The van der Waals surface area contributed by atoms with Crippen LogP contribution in [0, 0.1) is 11.7 Å². The van der Waals surface area contributed by atoms with Crippen LogP contribution in [0.4, 0.5) is 4.39 Å². The van der Waals surface area contributed by atoms with Crippen LogP contribution in [0.2, 0.25) is 0 Å². The summed E-state index contributed by atoms with van der Waals surface area (Å²) in [7, 11) is 0. The largest absolute Gasteiger partial charge is 0.325 e. The van der Waals surface area contributed by atoms with Gasteiger partial charge in [0, 0.05) is 23.1 Å². The van der Waals surface area contributed by atoms with E-state index in [1.807, 2.05) is 36.5 Å². The standard InChI is InChI=1S/C25H25FN4/c1-16(24-28-25(30-29-24)19-5-3-2-4-6-19)17-7-9-18(10-8-17)21-13-14-27-23-12-11-20(26)15-22(21)23/h2-6,11-18H,7-10H2,1H3,(H,28,29,30)/t16?,17-,18+. The van der Waals surface area contributed by atoms with Gasteiger partial charge >= 0.3 is 0 Å². The number of rotatable bonds is 4. The second-order valence-corrected chi connectivity index (χ2v) is 8.39. The zero-order valence-corrected chi connectivity index (χ0v) is 17.1. The quantitative estimate of drug-likeness (QED) is 0.441. The first-order valence-electron chi connectivity index (χ1n) is 10.7. The lowest BCUT2D eigenvalue weighted by atomic mass is 9.73. The molecule has 2 heterocycles. The maximum atomic E-state index is 13.8. The normalized spacial score (nSPS) is 20.3. The fourth-order valence-corrected chi connectivity index (χ4v) is 4.86. The smallest absolute Gasteiger partial charge is 0.161 e. The Morgan fingerprint density at radius 1 is 0.967 bits per heavy atom. The molecule has 0 bridgehead atoms. The van der Waals surface area contributed by atoms with Crippen molar-refractivity contribution in [2.24, 2.45) is 5.92 Å². The topological polar surface area (TPSA) is 54.5 Å². The highest BCUT2D eigenvalue weighted by molar-refractivity contribution is 5.82. The van der Waals surface area contributed by atoms with Crippen molar-refractivity contribution in [3.63, 3.8) is 0 Å². The van der Waals surface area contributed by atoms with Crippen LogP contribution in [0.1, 0.15) is 55.8 Å². The van der Waals surface area contributed by atoms with Crippen molar-refractivity contribution in [1.82, 2.24) is 20.2 Å². The molecule has 5 heteroatoms. The Morgan fingerprint density at radius 3 is 2.57 bits per heavy atom. The van der Waals surface area contributed by atoms with Gasteiger partial charge in [0.15, 0.2) is 5.82 Å². The number of aromatic nitrogens is 4. The highest BCUT2D eigenvalue weighted by Gasteiger charge is 2.29. The summed E-state index contributed by atoms with van der Waals surface area (Å²) in [5.74, 6) is 2.96. The van der Waals surface area contributed by atoms with Crippen molar-refractivity contribution in [2.75, 3.05) is 0 Å². The van der Waals surface area contributed by atoms with Crippen LogP contribution < -0.4 is 0 Å². The highest BCUT2D eigenvalue weighted by Crippen LogP contribution is 2.42. The lowest BCUT2D eigenvalue weighted by molar-refractivity contribution is 0.286. The molecule has 4 aromatic rings. The summed E-state index contributed by atoms with van der Waals surface area (Å²) in [6, 6.07) is 17.1. The number of H-pyrrole nitrogens is 1. The van der Waals surface area contributed by atoms with E-state index in [1.165, 1.54) is 11.6 Å². The summed E-state index contributed by atoms with van der Waals surface area (Å²) in [6.07, 6.45) is 6.32. The van der Waals surface area contributed by atoms with Crippen molar-refractivity contribution in [2.45, 2.75) is 44.4 Å². The van der Waals surface area contributed by atoms with Gasteiger partial charge in [-0.25, -0.2) is 4.39 Å². The molecule has 0 spiro atoms. The molecular weight excluding hydrogens is 375 g/mol. The Bertz CT molecular complexity index is 1150. The van der Waals surface area contributed by atoms with Crippen LogP contribution in [0.15, 0.2) is 60.8 Å². The Hall–Kier alpha value is -3.08. The van der Waals surface area contributed by atoms with Gasteiger partial charge < -0.3 is 4.98 Å². The highest BCUT2D eigenvalue weighted by atomic mass is 19.1. The van der Waals surface area contributed by atoms with Crippen molar-refractivity contribution in [3.8, 4) is 11.4 Å². The van der Waals surface area contributed by atoms with E-state index in [1.54, 1.807) is 12.1 Å².